The number of nitrogens with one attached hydrogen (secondary N) is 1. The summed E-state index contributed by atoms with van der Waals surface area (Å²) in [5.41, 5.74) is 2.36. The molecule has 1 atom stereocenters. The summed E-state index contributed by atoms with van der Waals surface area (Å²) < 4.78 is 13.4. The number of hydrogen-bond acceptors (Lipinski definition) is 4. The first-order valence-electron chi connectivity index (χ1n) is 13.5. The van der Waals surface area contributed by atoms with Crippen LogP contribution in [0.3, 0.4) is 0 Å². The molecule has 1 aliphatic carbocycles. The van der Waals surface area contributed by atoms with Crippen molar-refractivity contribution in [3.8, 4) is 0 Å². The molecule has 1 unspecified atom stereocenters. The first-order chi connectivity index (χ1) is 18.6. The molecule has 5 nitrogen and oxygen atoms in total. The maximum Gasteiger partial charge on any atom is 0.265 e. The molecule has 2 aliphatic heterocycles. The van der Waals surface area contributed by atoms with Gasteiger partial charge < -0.3 is 15.1 Å². The average Bonchev–Trinajstić information content (AvgIpc) is 3.21. The minimum Gasteiger partial charge on any atom is -0.351 e. The number of carbonyl (C=O) groups excluding carboxylic acids is 2. The molecule has 1 saturated heterocycles. The zero-order valence-electron chi connectivity index (χ0n) is 21.6. The Balaban J connectivity index is 1.24. The predicted octanol–water partition coefficient (Wildman–Crippen LogP) is 6.20. The van der Waals surface area contributed by atoms with Crippen molar-refractivity contribution in [2.75, 3.05) is 37.6 Å². The van der Waals surface area contributed by atoms with Crippen LogP contribution in [0, 0.1) is 5.92 Å². The third-order valence-electron chi connectivity index (χ3n) is 7.28. The van der Waals surface area contributed by atoms with E-state index in [1.165, 1.54) is 43.5 Å². The zero-order chi connectivity index (χ0) is 26.3. The first kappa shape index (κ1) is 26.4. The van der Waals surface area contributed by atoms with Crippen LogP contribution in [0.15, 0.2) is 82.4 Å². The van der Waals surface area contributed by atoms with Crippen molar-refractivity contribution in [3.63, 3.8) is 0 Å². The van der Waals surface area contributed by atoms with Crippen molar-refractivity contribution in [1.82, 2.24) is 10.2 Å². The number of para-hydroxylation sites is 1. The number of allylic oxidation sites excluding steroid dienone is 3. The van der Waals surface area contributed by atoms with E-state index in [1.54, 1.807) is 11.0 Å². The highest BCUT2D eigenvalue weighted by atomic mass is 32.2. The van der Waals surface area contributed by atoms with Gasteiger partial charge >= 0.3 is 0 Å². The van der Waals surface area contributed by atoms with Gasteiger partial charge in [-0.3, -0.25) is 9.59 Å². The number of likely N-dealkylation sites (tertiary alicyclic amines) is 1. The number of anilines is 1. The van der Waals surface area contributed by atoms with Gasteiger partial charge in [-0.1, -0.05) is 54.9 Å². The maximum absolute atomic E-state index is 13.5. The standard InChI is InChI=1S/C31H34FN3O2S/c32-26-15-11-24(12-16-26)22-35-27-7-3-4-8-28(27)38-29(31(35)37)21-23-9-13-25(14-10-23)30(36)33-17-20-34-18-5-1-2-6-19-34/h3-4,7-11,13-16,21,24H,1-2,5-6,12,17-20,22H2,(H,33,36)/b29-21-. The van der Waals surface area contributed by atoms with Gasteiger partial charge in [0.15, 0.2) is 0 Å². The lowest BCUT2D eigenvalue weighted by Crippen LogP contribution is -2.38. The summed E-state index contributed by atoms with van der Waals surface area (Å²) in [6.45, 7) is 4.25. The number of hydrogen-bond donors (Lipinski definition) is 1. The first-order valence-corrected chi connectivity index (χ1v) is 14.3. The molecular weight excluding hydrogens is 497 g/mol. The largest absolute Gasteiger partial charge is 0.351 e. The monoisotopic (exact) mass is 531 g/mol. The highest BCUT2D eigenvalue weighted by molar-refractivity contribution is 8.04. The van der Waals surface area contributed by atoms with Crippen LogP contribution in [0.2, 0.25) is 0 Å². The van der Waals surface area contributed by atoms with Gasteiger partial charge in [-0.2, -0.15) is 0 Å². The Morgan fingerprint density at radius 2 is 1.82 bits per heavy atom. The highest BCUT2D eigenvalue weighted by Gasteiger charge is 2.30. The molecule has 2 amide bonds. The van der Waals surface area contributed by atoms with Gasteiger partial charge in [0.2, 0.25) is 0 Å². The molecule has 2 aromatic carbocycles. The fourth-order valence-electron chi connectivity index (χ4n) is 5.12. The summed E-state index contributed by atoms with van der Waals surface area (Å²) in [6, 6.07) is 15.3. The van der Waals surface area contributed by atoms with E-state index in [4.69, 9.17) is 0 Å². The smallest absolute Gasteiger partial charge is 0.265 e. The second-order valence-corrected chi connectivity index (χ2v) is 11.2. The number of thioether (sulfide) groups is 1. The summed E-state index contributed by atoms with van der Waals surface area (Å²) >= 11 is 1.46. The number of benzene rings is 2. The Kier molecular flexibility index (Phi) is 8.76. The van der Waals surface area contributed by atoms with Crippen LogP contribution >= 0.6 is 11.8 Å². The van der Waals surface area contributed by atoms with Gasteiger partial charge in [-0.05, 0) is 86.3 Å². The van der Waals surface area contributed by atoms with E-state index in [2.05, 4.69) is 10.2 Å². The van der Waals surface area contributed by atoms with Crippen LogP contribution in [-0.2, 0) is 4.79 Å². The van der Waals surface area contributed by atoms with Gasteiger partial charge in [-0.25, -0.2) is 4.39 Å². The molecule has 0 spiro atoms. The molecule has 2 aromatic rings. The Hall–Kier alpha value is -3.16. The van der Waals surface area contributed by atoms with Crippen molar-refractivity contribution in [1.29, 1.82) is 0 Å². The molecule has 5 rings (SSSR count). The summed E-state index contributed by atoms with van der Waals surface area (Å²) in [7, 11) is 0. The zero-order valence-corrected chi connectivity index (χ0v) is 22.4. The number of fused-ring (bicyclic) bond motifs is 1. The third kappa shape index (κ3) is 6.63. The molecule has 198 valence electrons. The van der Waals surface area contributed by atoms with Crippen LogP contribution in [-0.4, -0.2) is 49.4 Å². The molecule has 0 aromatic heterocycles. The normalized spacial score (nSPS) is 21.1. The third-order valence-corrected chi connectivity index (χ3v) is 8.35. The molecule has 7 heteroatoms. The van der Waals surface area contributed by atoms with Crippen LogP contribution in [0.1, 0.15) is 48.0 Å². The van der Waals surface area contributed by atoms with Crippen molar-refractivity contribution >= 4 is 35.3 Å². The SMILES string of the molecule is O=C(NCCN1CCCCCC1)c1ccc(/C=C2\Sc3ccccc3N(CC3C=CC(F)=CC3)C2=O)cc1. The number of nitrogens with zero attached hydrogens (tertiary/aromatic N) is 2. The van der Waals surface area contributed by atoms with Crippen molar-refractivity contribution in [3.05, 3.63) is 88.6 Å². The van der Waals surface area contributed by atoms with E-state index in [-0.39, 0.29) is 23.6 Å². The van der Waals surface area contributed by atoms with E-state index in [1.807, 2.05) is 60.7 Å². The molecule has 2 heterocycles. The molecule has 0 saturated carbocycles. The van der Waals surface area contributed by atoms with Gasteiger partial charge in [-0.15, -0.1) is 0 Å². The maximum atomic E-state index is 13.5. The van der Waals surface area contributed by atoms with Crippen LogP contribution < -0.4 is 10.2 Å². The second-order valence-electron chi connectivity index (χ2n) is 10.1. The minimum atomic E-state index is -0.225. The summed E-state index contributed by atoms with van der Waals surface area (Å²) in [5.74, 6) is -0.300. The highest BCUT2D eigenvalue weighted by Crippen LogP contribution is 2.42. The van der Waals surface area contributed by atoms with Gasteiger partial charge in [0.1, 0.15) is 5.83 Å². The molecule has 38 heavy (non-hydrogen) atoms. The van der Waals surface area contributed by atoms with Crippen LogP contribution in [0.4, 0.5) is 10.1 Å². The lowest BCUT2D eigenvalue weighted by Gasteiger charge is -2.32. The topological polar surface area (TPSA) is 52.7 Å². The lowest BCUT2D eigenvalue weighted by atomic mass is 9.99. The van der Waals surface area contributed by atoms with Gasteiger partial charge in [0.25, 0.3) is 11.8 Å². The number of amides is 2. The summed E-state index contributed by atoms with van der Waals surface area (Å²) in [5, 5.41) is 3.04. The van der Waals surface area contributed by atoms with E-state index in [0.29, 0.717) is 30.0 Å². The van der Waals surface area contributed by atoms with E-state index in [0.717, 1.165) is 35.8 Å². The quantitative estimate of drug-likeness (QED) is 0.432. The van der Waals surface area contributed by atoms with Crippen molar-refractivity contribution < 1.29 is 14.0 Å². The predicted molar refractivity (Wildman–Crippen MR) is 153 cm³/mol. The Bertz CT molecular complexity index is 1250. The number of rotatable bonds is 7. The molecule has 0 bridgehead atoms. The van der Waals surface area contributed by atoms with E-state index >= 15 is 0 Å². The molecule has 1 fully saturated rings. The number of carbonyl (C=O) groups is 2. The summed E-state index contributed by atoms with van der Waals surface area (Å²) in [4.78, 5) is 32.1. The van der Waals surface area contributed by atoms with Crippen LogP contribution in [0.5, 0.6) is 0 Å². The van der Waals surface area contributed by atoms with Crippen molar-refractivity contribution in [2.45, 2.75) is 37.0 Å². The van der Waals surface area contributed by atoms with Gasteiger partial charge in [0, 0.05) is 30.1 Å². The molecule has 1 N–H and O–H groups in total. The lowest BCUT2D eigenvalue weighted by molar-refractivity contribution is -0.114. The fourth-order valence-corrected chi connectivity index (χ4v) is 6.18. The van der Waals surface area contributed by atoms with Gasteiger partial charge in [0.05, 0.1) is 10.6 Å². The van der Waals surface area contributed by atoms with Crippen molar-refractivity contribution in [2.24, 2.45) is 5.92 Å². The Labute approximate surface area is 228 Å². The van der Waals surface area contributed by atoms with E-state index < -0.39 is 0 Å². The molecule has 0 radical (unpaired) electrons. The Morgan fingerprint density at radius 1 is 1.05 bits per heavy atom. The van der Waals surface area contributed by atoms with E-state index in [9.17, 15) is 14.0 Å². The number of halogens is 1. The van der Waals surface area contributed by atoms with Crippen LogP contribution in [0.25, 0.3) is 6.08 Å². The summed E-state index contributed by atoms with van der Waals surface area (Å²) in [6.07, 6.45) is 12.4. The minimum absolute atomic E-state index is 0.0625. The molecule has 3 aliphatic rings. The Morgan fingerprint density at radius 3 is 2.55 bits per heavy atom. The average molecular weight is 532 g/mol. The molecular formula is C31H34FN3O2S. The fraction of sp³-hybridized carbons (Fsp3) is 0.355. The second kappa shape index (κ2) is 12.6.